The van der Waals surface area contributed by atoms with Gasteiger partial charge in [-0.25, -0.2) is 0 Å². The van der Waals surface area contributed by atoms with Gasteiger partial charge in [-0.1, -0.05) is 26.7 Å². The average Bonchev–Trinajstić information content (AvgIpc) is 2.76. The molecule has 1 aliphatic rings. The molecule has 2 N–H and O–H groups in total. The van der Waals surface area contributed by atoms with Crippen molar-refractivity contribution in [1.29, 1.82) is 0 Å². The fraction of sp³-hybridized carbons (Fsp3) is 0.929. The van der Waals surface area contributed by atoms with Crippen molar-refractivity contribution in [2.45, 2.75) is 51.5 Å². The van der Waals surface area contributed by atoms with Crippen LogP contribution in [0.25, 0.3) is 0 Å². The maximum Gasteiger partial charge on any atom is 0.326 e. The summed E-state index contributed by atoms with van der Waals surface area (Å²) in [6, 6.07) is 0. The molecule has 0 radical (unpaired) electrons. The van der Waals surface area contributed by atoms with E-state index in [2.05, 4.69) is 13.8 Å². The van der Waals surface area contributed by atoms with Gasteiger partial charge in [-0.3, -0.25) is 4.79 Å². The van der Waals surface area contributed by atoms with Crippen LogP contribution in [0.5, 0.6) is 0 Å². The third-order valence-corrected chi connectivity index (χ3v) is 5.48. The molecular formula is C14H27NO2S. The van der Waals surface area contributed by atoms with Crippen molar-refractivity contribution in [1.82, 2.24) is 0 Å². The molecule has 0 aromatic carbocycles. The molecule has 1 fully saturated rings. The number of nitrogens with two attached hydrogens (primary N) is 1. The molecule has 0 saturated heterocycles. The van der Waals surface area contributed by atoms with Crippen molar-refractivity contribution in [2.75, 3.05) is 18.6 Å². The number of hydrogen-bond donors (Lipinski definition) is 1. The Labute approximate surface area is 115 Å². The minimum atomic E-state index is -0.717. The maximum atomic E-state index is 11.8. The predicted octanol–water partition coefficient (Wildman–Crippen LogP) is 2.83. The molecule has 0 aromatic rings. The molecule has 1 aliphatic carbocycles. The first-order valence-corrected chi connectivity index (χ1v) is 8.15. The summed E-state index contributed by atoms with van der Waals surface area (Å²) in [6.07, 6.45) is 5.16. The van der Waals surface area contributed by atoms with Gasteiger partial charge in [-0.15, -0.1) is 0 Å². The molecule has 18 heavy (non-hydrogen) atoms. The number of ether oxygens (including phenoxy) is 1. The molecule has 1 rings (SSSR count). The summed E-state index contributed by atoms with van der Waals surface area (Å²) in [5, 5.41) is 0. The van der Waals surface area contributed by atoms with Gasteiger partial charge in [0.25, 0.3) is 0 Å². The SMILES string of the molecule is CCC(C)CSCCC1CCCC1(N)C(=O)OC. The zero-order valence-corrected chi connectivity index (χ0v) is 12.7. The highest BCUT2D eigenvalue weighted by atomic mass is 32.2. The largest absolute Gasteiger partial charge is 0.468 e. The van der Waals surface area contributed by atoms with E-state index in [1.807, 2.05) is 11.8 Å². The van der Waals surface area contributed by atoms with Crippen LogP contribution in [-0.2, 0) is 9.53 Å². The number of thioether (sulfide) groups is 1. The van der Waals surface area contributed by atoms with Gasteiger partial charge >= 0.3 is 5.97 Å². The minimum Gasteiger partial charge on any atom is -0.468 e. The molecule has 0 bridgehead atoms. The first-order valence-electron chi connectivity index (χ1n) is 6.99. The van der Waals surface area contributed by atoms with Crippen LogP contribution in [0, 0.1) is 11.8 Å². The second-order valence-corrected chi connectivity index (χ2v) is 6.65. The standard InChI is InChI=1S/C14H27NO2S/c1-4-11(2)10-18-9-7-12-6-5-8-14(12,15)13(16)17-3/h11-12H,4-10,15H2,1-3H3. The van der Waals surface area contributed by atoms with Gasteiger partial charge in [0.05, 0.1) is 7.11 Å². The number of esters is 1. The number of rotatable bonds is 7. The van der Waals surface area contributed by atoms with Crippen LogP contribution in [0.15, 0.2) is 0 Å². The van der Waals surface area contributed by atoms with E-state index in [0.29, 0.717) is 5.92 Å². The van der Waals surface area contributed by atoms with Crippen molar-refractivity contribution >= 4 is 17.7 Å². The Bertz CT molecular complexity index is 273. The Hall–Kier alpha value is -0.220. The summed E-state index contributed by atoms with van der Waals surface area (Å²) in [7, 11) is 1.43. The van der Waals surface area contributed by atoms with Gasteiger partial charge in [0.15, 0.2) is 0 Å². The van der Waals surface area contributed by atoms with Crippen molar-refractivity contribution in [3.63, 3.8) is 0 Å². The molecule has 106 valence electrons. The van der Waals surface area contributed by atoms with Gasteiger partial charge in [0, 0.05) is 0 Å². The van der Waals surface area contributed by atoms with E-state index >= 15 is 0 Å². The summed E-state index contributed by atoms with van der Waals surface area (Å²) >= 11 is 1.99. The molecule has 4 heteroatoms. The first-order chi connectivity index (χ1) is 8.54. The van der Waals surface area contributed by atoms with Gasteiger partial charge in [0.1, 0.15) is 5.54 Å². The van der Waals surface area contributed by atoms with Crippen molar-refractivity contribution < 1.29 is 9.53 Å². The Balaban J connectivity index is 2.35. The van der Waals surface area contributed by atoms with Crippen LogP contribution in [0.1, 0.15) is 46.0 Å². The van der Waals surface area contributed by atoms with E-state index in [9.17, 15) is 4.79 Å². The van der Waals surface area contributed by atoms with Crippen LogP contribution in [0.3, 0.4) is 0 Å². The summed E-state index contributed by atoms with van der Waals surface area (Å²) in [4.78, 5) is 11.8. The minimum absolute atomic E-state index is 0.225. The van der Waals surface area contributed by atoms with E-state index in [1.165, 1.54) is 19.3 Å². The molecule has 0 spiro atoms. The van der Waals surface area contributed by atoms with E-state index in [-0.39, 0.29) is 5.97 Å². The monoisotopic (exact) mass is 273 g/mol. The number of methoxy groups -OCH3 is 1. The molecule has 3 nitrogen and oxygen atoms in total. The topological polar surface area (TPSA) is 52.3 Å². The number of carbonyl (C=O) groups is 1. The number of carbonyl (C=O) groups excluding carboxylic acids is 1. The van der Waals surface area contributed by atoms with Gasteiger partial charge in [-0.2, -0.15) is 11.8 Å². The van der Waals surface area contributed by atoms with Gasteiger partial charge in [0.2, 0.25) is 0 Å². The smallest absolute Gasteiger partial charge is 0.326 e. The average molecular weight is 273 g/mol. The van der Waals surface area contributed by atoms with E-state index in [1.54, 1.807) is 0 Å². The molecular weight excluding hydrogens is 246 g/mol. The molecule has 3 unspecified atom stereocenters. The molecule has 0 aromatic heterocycles. The highest BCUT2D eigenvalue weighted by molar-refractivity contribution is 7.99. The summed E-state index contributed by atoms with van der Waals surface area (Å²) in [5.74, 6) is 3.16. The molecule has 0 amide bonds. The Morgan fingerprint density at radius 3 is 2.94 bits per heavy atom. The Morgan fingerprint density at radius 1 is 1.61 bits per heavy atom. The lowest BCUT2D eigenvalue weighted by atomic mass is 9.86. The molecule has 0 heterocycles. The van der Waals surface area contributed by atoms with Crippen LogP contribution in [-0.4, -0.2) is 30.1 Å². The van der Waals surface area contributed by atoms with Gasteiger partial charge < -0.3 is 10.5 Å². The summed E-state index contributed by atoms with van der Waals surface area (Å²) < 4.78 is 4.86. The van der Waals surface area contributed by atoms with Crippen LogP contribution in [0.2, 0.25) is 0 Å². The molecule has 3 atom stereocenters. The second kappa shape index (κ2) is 7.39. The quantitative estimate of drug-likeness (QED) is 0.572. The predicted molar refractivity (Wildman–Crippen MR) is 77.7 cm³/mol. The third kappa shape index (κ3) is 3.89. The maximum absolute atomic E-state index is 11.8. The van der Waals surface area contributed by atoms with Gasteiger partial charge in [-0.05, 0) is 42.6 Å². The second-order valence-electron chi connectivity index (χ2n) is 5.50. The van der Waals surface area contributed by atoms with Crippen LogP contribution in [0.4, 0.5) is 0 Å². The zero-order valence-electron chi connectivity index (χ0n) is 11.9. The Kier molecular flexibility index (Phi) is 6.50. The van der Waals surface area contributed by atoms with E-state index < -0.39 is 5.54 Å². The molecule has 1 saturated carbocycles. The van der Waals surface area contributed by atoms with Crippen LogP contribution < -0.4 is 5.73 Å². The highest BCUT2D eigenvalue weighted by Crippen LogP contribution is 2.37. The summed E-state index contributed by atoms with van der Waals surface area (Å²) in [5.41, 5.74) is 5.53. The third-order valence-electron chi connectivity index (χ3n) is 4.15. The first kappa shape index (κ1) is 15.8. The lowest BCUT2D eigenvalue weighted by molar-refractivity contribution is -0.148. The van der Waals surface area contributed by atoms with E-state index in [0.717, 1.165) is 37.4 Å². The number of hydrogen-bond acceptors (Lipinski definition) is 4. The zero-order chi connectivity index (χ0) is 13.6. The fourth-order valence-electron chi connectivity index (χ4n) is 2.59. The normalized spacial score (nSPS) is 29.2. The van der Waals surface area contributed by atoms with Crippen molar-refractivity contribution in [3.8, 4) is 0 Å². The highest BCUT2D eigenvalue weighted by Gasteiger charge is 2.46. The van der Waals surface area contributed by atoms with Crippen molar-refractivity contribution in [2.24, 2.45) is 17.6 Å². The summed E-state index contributed by atoms with van der Waals surface area (Å²) in [6.45, 7) is 4.51. The molecule has 0 aliphatic heterocycles. The lowest BCUT2D eigenvalue weighted by Crippen LogP contribution is -2.51. The van der Waals surface area contributed by atoms with Crippen LogP contribution >= 0.6 is 11.8 Å². The fourth-order valence-corrected chi connectivity index (χ4v) is 3.85. The van der Waals surface area contributed by atoms with Crippen molar-refractivity contribution in [3.05, 3.63) is 0 Å². The lowest BCUT2D eigenvalue weighted by Gasteiger charge is -2.28. The van der Waals surface area contributed by atoms with E-state index in [4.69, 9.17) is 10.5 Å². The Morgan fingerprint density at radius 2 is 2.33 bits per heavy atom.